The Morgan fingerprint density at radius 2 is 2.00 bits per heavy atom. The third kappa shape index (κ3) is 4.56. The van der Waals surface area contributed by atoms with Gasteiger partial charge >= 0.3 is 0 Å². The highest BCUT2D eigenvalue weighted by Crippen LogP contribution is 2.37. The number of hydrazine groups is 1. The Morgan fingerprint density at radius 3 is 2.69 bits per heavy atom. The molecular weight excluding hydrogens is 456 g/mol. The molecule has 2 fully saturated rings. The molecule has 184 valence electrons. The lowest BCUT2D eigenvalue weighted by Crippen LogP contribution is -2.43. The van der Waals surface area contributed by atoms with E-state index in [4.69, 9.17) is 16.3 Å². The maximum atomic E-state index is 14.7. The number of hydrogen-bond donors (Lipinski definition) is 2. The van der Waals surface area contributed by atoms with Crippen LogP contribution in [0.3, 0.4) is 0 Å². The molecule has 1 aromatic carbocycles. The third-order valence-corrected chi connectivity index (χ3v) is 6.28. The van der Waals surface area contributed by atoms with Crippen molar-refractivity contribution >= 4 is 17.4 Å². The number of nitrogens with two attached hydrogens (primary N) is 2. The minimum absolute atomic E-state index is 0.0111. The number of carbonyl (C=O) groups excluding carboxylic acids is 1. The molecule has 2 aromatic heterocycles. The predicted octanol–water partition coefficient (Wildman–Crippen LogP) is 3.05. The number of nitrogens with zero attached hydrogens (tertiary/aromatic N) is 5. The summed E-state index contributed by atoms with van der Waals surface area (Å²) in [7, 11) is 1.39. The number of pyridine rings is 1. The summed E-state index contributed by atoms with van der Waals surface area (Å²) in [5.41, 5.74) is 7.29. The topological polar surface area (TPSA) is 116 Å². The van der Waals surface area contributed by atoms with Gasteiger partial charge in [-0.1, -0.05) is 0 Å². The van der Waals surface area contributed by atoms with Crippen LogP contribution in [-0.2, 0) is 4.74 Å². The number of aromatic nitrogens is 3. The molecule has 4 N–H and O–H groups in total. The Bertz CT molecular complexity index is 1270. The third-order valence-electron chi connectivity index (χ3n) is 6.28. The number of rotatable bonds is 5. The molecule has 0 radical (unpaired) electrons. The minimum atomic E-state index is -0.832. The molecule has 3 aromatic rings. The van der Waals surface area contributed by atoms with Gasteiger partial charge in [0.2, 0.25) is 0 Å². The van der Waals surface area contributed by atoms with Gasteiger partial charge in [-0.05, 0) is 38.0 Å². The SMILES string of the molecule is CC1CN(c2cc(C(=O)N(C)N)c(N)c(-c3ccc(F)cc3F)n2)CC(c2cnn(C3CC3)c2)O1. The molecule has 2 aliphatic rings. The summed E-state index contributed by atoms with van der Waals surface area (Å²) in [6, 6.07) is 5.13. The summed E-state index contributed by atoms with van der Waals surface area (Å²) in [6.07, 6.45) is 5.65. The van der Waals surface area contributed by atoms with Gasteiger partial charge in [-0.15, -0.1) is 0 Å². The van der Waals surface area contributed by atoms with Crippen LogP contribution in [0, 0.1) is 11.6 Å². The van der Waals surface area contributed by atoms with Gasteiger partial charge in [0.15, 0.2) is 0 Å². The van der Waals surface area contributed by atoms with Crippen LogP contribution in [0.1, 0.15) is 47.8 Å². The lowest BCUT2D eigenvalue weighted by atomic mass is 10.0. The Hall–Kier alpha value is -3.57. The van der Waals surface area contributed by atoms with Gasteiger partial charge in [0.25, 0.3) is 5.91 Å². The van der Waals surface area contributed by atoms with E-state index in [2.05, 4.69) is 10.1 Å². The zero-order valence-electron chi connectivity index (χ0n) is 19.5. The Labute approximate surface area is 201 Å². The van der Waals surface area contributed by atoms with Crippen molar-refractivity contribution in [1.29, 1.82) is 0 Å². The fourth-order valence-corrected chi connectivity index (χ4v) is 4.34. The minimum Gasteiger partial charge on any atom is -0.396 e. The Balaban J connectivity index is 1.55. The molecule has 1 amide bonds. The van der Waals surface area contributed by atoms with Crippen molar-refractivity contribution in [3.05, 3.63) is 59.4 Å². The lowest BCUT2D eigenvalue weighted by Gasteiger charge is -2.37. The molecule has 1 aliphatic carbocycles. The number of benzene rings is 1. The monoisotopic (exact) mass is 483 g/mol. The van der Waals surface area contributed by atoms with Gasteiger partial charge in [-0.2, -0.15) is 5.10 Å². The summed E-state index contributed by atoms with van der Waals surface area (Å²) in [6.45, 7) is 2.87. The quantitative estimate of drug-likeness (QED) is 0.326. The highest BCUT2D eigenvalue weighted by molar-refractivity contribution is 6.02. The standard InChI is InChI=1S/C24H27F2N7O2/c1-13-10-32(12-20(35-13)14-9-29-33(11-14)16-4-5-16)21-8-18(24(34)31(2)28)22(27)23(30-21)17-6-3-15(25)7-19(17)26/h3,6-9,11,13,16,20H,4-5,10,12,27-28H2,1-2H3. The molecule has 0 spiro atoms. The average molecular weight is 484 g/mol. The van der Waals surface area contributed by atoms with E-state index >= 15 is 0 Å². The number of amides is 1. The molecular formula is C24H27F2N7O2. The van der Waals surface area contributed by atoms with Crippen LogP contribution in [0.25, 0.3) is 11.3 Å². The first-order valence-electron chi connectivity index (χ1n) is 11.4. The predicted molar refractivity (Wildman–Crippen MR) is 126 cm³/mol. The average Bonchev–Trinajstić information content (AvgIpc) is 3.55. The van der Waals surface area contributed by atoms with Crippen molar-refractivity contribution in [3.8, 4) is 11.3 Å². The highest BCUT2D eigenvalue weighted by atomic mass is 19.1. The maximum Gasteiger partial charge on any atom is 0.269 e. The molecule has 11 heteroatoms. The van der Waals surface area contributed by atoms with Crippen molar-refractivity contribution in [3.63, 3.8) is 0 Å². The van der Waals surface area contributed by atoms with Crippen LogP contribution in [0.2, 0.25) is 0 Å². The van der Waals surface area contributed by atoms with Gasteiger partial charge < -0.3 is 15.4 Å². The van der Waals surface area contributed by atoms with Crippen molar-refractivity contribution in [2.24, 2.45) is 5.84 Å². The number of halogens is 2. The number of hydrogen-bond acceptors (Lipinski definition) is 7. The molecule has 35 heavy (non-hydrogen) atoms. The summed E-state index contributed by atoms with van der Waals surface area (Å²) >= 11 is 0. The van der Waals surface area contributed by atoms with E-state index < -0.39 is 17.5 Å². The van der Waals surface area contributed by atoms with Crippen molar-refractivity contribution in [2.75, 3.05) is 30.8 Å². The number of carbonyl (C=O) groups is 1. The van der Waals surface area contributed by atoms with Gasteiger partial charge in [0.05, 0.1) is 41.8 Å². The summed E-state index contributed by atoms with van der Waals surface area (Å²) in [5, 5.41) is 5.36. The zero-order chi connectivity index (χ0) is 24.9. The van der Waals surface area contributed by atoms with Gasteiger partial charge in [-0.3, -0.25) is 14.5 Å². The molecule has 1 aliphatic heterocycles. The maximum absolute atomic E-state index is 14.7. The van der Waals surface area contributed by atoms with Crippen molar-refractivity contribution in [1.82, 2.24) is 19.8 Å². The first kappa shape index (κ1) is 23.2. The highest BCUT2D eigenvalue weighted by Gasteiger charge is 2.32. The molecule has 0 bridgehead atoms. The summed E-state index contributed by atoms with van der Waals surface area (Å²) < 4.78 is 36.4. The van der Waals surface area contributed by atoms with Gasteiger partial charge in [0.1, 0.15) is 23.6 Å². The number of morpholine rings is 1. The molecule has 2 unspecified atom stereocenters. The molecule has 1 saturated heterocycles. The second-order valence-electron chi connectivity index (χ2n) is 9.16. The number of ether oxygens (including phenoxy) is 1. The van der Waals surface area contributed by atoms with Crippen LogP contribution >= 0.6 is 0 Å². The Kier molecular flexibility index (Phi) is 5.89. The van der Waals surface area contributed by atoms with Gasteiger partial charge in [0, 0.05) is 37.0 Å². The summed E-state index contributed by atoms with van der Waals surface area (Å²) in [5.74, 6) is 4.00. The van der Waals surface area contributed by atoms with Crippen molar-refractivity contribution < 1.29 is 18.3 Å². The largest absolute Gasteiger partial charge is 0.396 e. The van der Waals surface area contributed by atoms with E-state index in [1.54, 1.807) is 6.07 Å². The molecule has 1 saturated carbocycles. The van der Waals surface area contributed by atoms with Crippen molar-refractivity contribution in [2.45, 2.75) is 38.0 Å². The second kappa shape index (κ2) is 8.90. The molecule has 3 heterocycles. The molecule has 9 nitrogen and oxygen atoms in total. The van der Waals surface area contributed by atoms with Crippen LogP contribution < -0.4 is 16.5 Å². The smallest absolute Gasteiger partial charge is 0.269 e. The molecule has 2 atom stereocenters. The van der Waals surface area contributed by atoms with Crippen LogP contribution in [0.4, 0.5) is 20.3 Å². The first-order chi connectivity index (χ1) is 16.7. The normalized spacial score (nSPS) is 20.2. The van der Waals surface area contributed by atoms with Gasteiger partial charge in [-0.25, -0.2) is 19.6 Å². The van der Waals surface area contributed by atoms with E-state index in [0.29, 0.717) is 24.9 Å². The van der Waals surface area contributed by atoms with Crippen LogP contribution in [0.15, 0.2) is 36.7 Å². The zero-order valence-corrected chi connectivity index (χ0v) is 19.5. The van der Waals surface area contributed by atoms with E-state index in [0.717, 1.165) is 35.5 Å². The molecule has 5 rings (SSSR count). The number of nitrogen functional groups attached to an aromatic ring is 1. The van der Waals surface area contributed by atoms with E-state index in [1.165, 1.54) is 13.1 Å². The second-order valence-corrected chi connectivity index (χ2v) is 9.16. The van der Waals surface area contributed by atoms with Crippen LogP contribution in [-0.4, -0.2) is 51.9 Å². The first-order valence-corrected chi connectivity index (χ1v) is 11.4. The lowest BCUT2D eigenvalue weighted by molar-refractivity contribution is -0.0176. The van der Waals surface area contributed by atoms with Crippen LogP contribution in [0.5, 0.6) is 0 Å². The fraction of sp³-hybridized carbons (Fsp3) is 0.375. The van der Waals surface area contributed by atoms with E-state index in [9.17, 15) is 13.6 Å². The number of anilines is 2. The fourth-order valence-electron chi connectivity index (χ4n) is 4.34. The Morgan fingerprint density at radius 1 is 1.23 bits per heavy atom. The van der Waals surface area contributed by atoms with E-state index in [1.807, 2.05) is 28.9 Å². The van der Waals surface area contributed by atoms with E-state index in [-0.39, 0.29) is 34.7 Å². The summed E-state index contributed by atoms with van der Waals surface area (Å²) in [4.78, 5) is 19.4.